The largest absolute Gasteiger partial charge is 0.495 e. The molecule has 0 atom stereocenters. The molecule has 0 radical (unpaired) electrons. The fraction of sp³-hybridized carbons (Fsp3) is 0.167. The molecule has 4 rings (SSSR count). The average Bonchev–Trinajstić information content (AvgIpc) is 3.40. The van der Waals surface area contributed by atoms with Crippen LogP contribution in [-0.4, -0.2) is 48.2 Å². The zero-order valence-corrected chi connectivity index (χ0v) is 20.0. The van der Waals surface area contributed by atoms with Gasteiger partial charge in [0.25, 0.3) is 10.0 Å². The molecular weight excluding hydrogens is 468 g/mol. The van der Waals surface area contributed by atoms with Gasteiger partial charge in [-0.2, -0.15) is 0 Å². The number of nitrogens with zero attached hydrogens (tertiary/aromatic N) is 5. The quantitative estimate of drug-likeness (QED) is 0.381. The minimum Gasteiger partial charge on any atom is -0.495 e. The summed E-state index contributed by atoms with van der Waals surface area (Å²) in [6.45, 7) is 2.02. The summed E-state index contributed by atoms with van der Waals surface area (Å²) in [6.07, 6.45) is 1.56. The molecule has 0 saturated carbocycles. The highest BCUT2D eigenvalue weighted by atomic mass is 32.2. The molecule has 11 heteroatoms. The number of carbonyl (C=O) groups is 1. The maximum absolute atomic E-state index is 13.4. The smallest absolute Gasteiger partial charge is 0.264 e. The van der Waals surface area contributed by atoms with Crippen molar-refractivity contribution < 1.29 is 17.9 Å². The Morgan fingerprint density at radius 3 is 2.43 bits per heavy atom. The van der Waals surface area contributed by atoms with E-state index >= 15 is 0 Å². The van der Waals surface area contributed by atoms with E-state index in [9.17, 15) is 13.2 Å². The predicted molar refractivity (Wildman–Crippen MR) is 131 cm³/mol. The summed E-state index contributed by atoms with van der Waals surface area (Å²) in [6, 6.07) is 20.5. The molecule has 35 heavy (non-hydrogen) atoms. The first-order valence-electron chi connectivity index (χ1n) is 10.8. The van der Waals surface area contributed by atoms with Gasteiger partial charge in [-0.15, -0.1) is 5.10 Å². The lowest BCUT2D eigenvalue weighted by molar-refractivity contribution is -0.115. The van der Waals surface area contributed by atoms with Crippen molar-refractivity contribution in [2.24, 2.45) is 0 Å². The zero-order chi connectivity index (χ0) is 24.8. The number of hydrogen-bond acceptors (Lipinski definition) is 7. The number of carbonyl (C=O) groups excluding carboxylic acids is 1. The predicted octanol–water partition coefficient (Wildman–Crippen LogP) is 3.07. The molecule has 1 amide bonds. The lowest BCUT2D eigenvalue weighted by atomic mass is 10.1. The normalized spacial score (nSPS) is 11.1. The number of nitrogens with one attached hydrogen (secondary N) is 1. The Morgan fingerprint density at radius 2 is 1.80 bits per heavy atom. The fourth-order valence-electron chi connectivity index (χ4n) is 3.58. The number of rotatable bonds is 9. The van der Waals surface area contributed by atoms with E-state index in [0.717, 1.165) is 11.3 Å². The Labute approximate surface area is 203 Å². The maximum atomic E-state index is 13.4. The minimum absolute atomic E-state index is 0.0464. The van der Waals surface area contributed by atoms with Crippen LogP contribution in [0.15, 0.2) is 84.0 Å². The Balaban J connectivity index is 1.54. The molecular formula is C24H24N6O4S. The van der Waals surface area contributed by atoms with Crippen LogP contribution in [0.25, 0.3) is 5.69 Å². The molecule has 0 spiro atoms. The van der Waals surface area contributed by atoms with Crippen LogP contribution >= 0.6 is 0 Å². The zero-order valence-electron chi connectivity index (χ0n) is 19.2. The molecule has 180 valence electrons. The van der Waals surface area contributed by atoms with Crippen molar-refractivity contribution in [1.82, 2.24) is 20.2 Å². The monoisotopic (exact) mass is 492 g/mol. The number of hydrogen-bond donors (Lipinski definition) is 1. The molecule has 0 aliphatic heterocycles. The second-order valence-electron chi connectivity index (χ2n) is 7.51. The number of sulfonamides is 1. The number of amides is 1. The van der Waals surface area contributed by atoms with Gasteiger partial charge < -0.3 is 10.1 Å². The Bertz CT molecular complexity index is 1390. The third kappa shape index (κ3) is 5.30. The molecule has 1 N–H and O–H groups in total. The maximum Gasteiger partial charge on any atom is 0.264 e. The number of benzene rings is 3. The second kappa shape index (κ2) is 10.3. The minimum atomic E-state index is -3.86. The first-order chi connectivity index (χ1) is 16.9. The summed E-state index contributed by atoms with van der Waals surface area (Å²) in [5.74, 6) is 0.0394. The van der Waals surface area contributed by atoms with Gasteiger partial charge in [0.1, 0.15) is 12.1 Å². The van der Waals surface area contributed by atoms with Crippen LogP contribution in [0, 0.1) is 0 Å². The molecule has 4 aromatic rings. The Hall–Kier alpha value is -4.25. The number of tetrazole rings is 1. The topological polar surface area (TPSA) is 119 Å². The number of aromatic nitrogens is 4. The van der Waals surface area contributed by atoms with Crippen molar-refractivity contribution >= 4 is 27.3 Å². The summed E-state index contributed by atoms with van der Waals surface area (Å²) in [4.78, 5) is 12.8. The first kappa shape index (κ1) is 23.9. The van der Waals surface area contributed by atoms with Crippen molar-refractivity contribution in [3.8, 4) is 11.4 Å². The van der Waals surface area contributed by atoms with Crippen LogP contribution in [0.2, 0.25) is 0 Å². The van der Waals surface area contributed by atoms with E-state index in [-0.39, 0.29) is 29.5 Å². The highest BCUT2D eigenvalue weighted by molar-refractivity contribution is 7.92. The van der Waals surface area contributed by atoms with Crippen molar-refractivity contribution in [3.63, 3.8) is 0 Å². The Kier molecular flexibility index (Phi) is 7.06. The van der Waals surface area contributed by atoms with Crippen molar-refractivity contribution in [2.75, 3.05) is 23.3 Å². The summed E-state index contributed by atoms with van der Waals surface area (Å²) in [7, 11) is -2.41. The highest BCUT2D eigenvalue weighted by Gasteiger charge is 2.25. The number of ether oxygens (including phenoxy) is 1. The van der Waals surface area contributed by atoms with Crippen LogP contribution in [0.5, 0.6) is 5.75 Å². The van der Waals surface area contributed by atoms with E-state index < -0.39 is 10.0 Å². The fourth-order valence-corrected chi connectivity index (χ4v) is 5.08. The van der Waals surface area contributed by atoms with Gasteiger partial charge in [-0.05, 0) is 65.4 Å². The third-order valence-electron chi connectivity index (χ3n) is 5.28. The third-order valence-corrected chi connectivity index (χ3v) is 7.18. The van der Waals surface area contributed by atoms with E-state index in [1.54, 1.807) is 55.5 Å². The molecule has 10 nitrogen and oxygen atoms in total. The van der Waals surface area contributed by atoms with Crippen LogP contribution in [-0.2, 0) is 21.2 Å². The summed E-state index contributed by atoms with van der Waals surface area (Å²) >= 11 is 0. The standard InChI is InChI=1S/C24H24N6O4S/c1-3-30(20-7-5-4-6-8-20)35(32,33)21-13-14-23(34-2)22(16-21)26-24(31)15-18-9-11-19(12-10-18)29-17-25-27-28-29/h4-14,16-17H,3,15H2,1-2H3,(H,26,31). The first-order valence-corrected chi connectivity index (χ1v) is 12.2. The molecule has 0 saturated heterocycles. The molecule has 0 bridgehead atoms. The van der Waals surface area contributed by atoms with Gasteiger partial charge >= 0.3 is 0 Å². The van der Waals surface area contributed by atoms with Crippen LogP contribution < -0.4 is 14.4 Å². The SMILES string of the molecule is CCN(c1ccccc1)S(=O)(=O)c1ccc(OC)c(NC(=O)Cc2ccc(-n3cnnn3)cc2)c1. The van der Waals surface area contributed by atoms with Gasteiger partial charge in [-0.25, -0.2) is 13.1 Å². The number of anilines is 2. The molecule has 0 aliphatic rings. The van der Waals surface area contributed by atoms with Gasteiger partial charge in [-0.3, -0.25) is 9.10 Å². The van der Waals surface area contributed by atoms with Gasteiger partial charge in [0.05, 0.1) is 35.5 Å². The van der Waals surface area contributed by atoms with Crippen LogP contribution in [0.3, 0.4) is 0 Å². The lowest BCUT2D eigenvalue weighted by Crippen LogP contribution is -2.30. The Morgan fingerprint density at radius 1 is 1.06 bits per heavy atom. The van der Waals surface area contributed by atoms with E-state index in [4.69, 9.17) is 4.74 Å². The van der Waals surface area contributed by atoms with E-state index in [1.165, 1.54) is 40.6 Å². The molecule has 0 aliphatic carbocycles. The molecule has 0 unspecified atom stereocenters. The number of para-hydroxylation sites is 1. The summed E-state index contributed by atoms with van der Waals surface area (Å²) in [5.41, 5.74) is 2.36. The number of methoxy groups -OCH3 is 1. The van der Waals surface area contributed by atoms with Gasteiger partial charge in [0.2, 0.25) is 5.91 Å². The van der Waals surface area contributed by atoms with Crippen molar-refractivity contribution in [2.45, 2.75) is 18.2 Å². The van der Waals surface area contributed by atoms with E-state index in [1.807, 2.05) is 6.07 Å². The second-order valence-corrected chi connectivity index (χ2v) is 9.38. The van der Waals surface area contributed by atoms with Crippen molar-refractivity contribution in [1.29, 1.82) is 0 Å². The van der Waals surface area contributed by atoms with E-state index in [0.29, 0.717) is 11.4 Å². The van der Waals surface area contributed by atoms with Gasteiger partial charge in [-0.1, -0.05) is 30.3 Å². The molecule has 1 aromatic heterocycles. The lowest BCUT2D eigenvalue weighted by Gasteiger charge is -2.23. The molecule has 0 fully saturated rings. The molecule has 3 aromatic carbocycles. The van der Waals surface area contributed by atoms with Crippen LogP contribution in [0.4, 0.5) is 11.4 Å². The van der Waals surface area contributed by atoms with Gasteiger partial charge in [0.15, 0.2) is 0 Å². The van der Waals surface area contributed by atoms with Gasteiger partial charge in [0, 0.05) is 6.54 Å². The summed E-state index contributed by atoms with van der Waals surface area (Å²) in [5, 5.41) is 13.8. The summed E-state index contributed by atoms with van der Waals surface area (Å²) < 4.78 is 34.9. The van der Waals surface area contributed by atoms with Crippen molar-refractivity contribution in [3.05, 3.63) is 84.7 Å². The van der Waals surface area contributed by atoms with E-state index in [2.05, 4.69) is 20.8 Å². The van der Waals surface area contributed by atoms with Crippen LogP contribution in [0.1, 0.15) is 12.5 Å². The average molecular weight is 493 g/mol. The molecule has 1 heterocycles. The highest BCUT2D eigenvalue weighted by Crippen LogP contribution is 2.31.